The first-order chi connectivity index (χ1) is 6.44. The molecule has 0 aliphatic rings. The largest absolute Gasteiger partial charge is 0.476 e. The summed E-state index contributed by atoms with van der Waals surface area (Å²) in [6.07, 6.45) is 0. The number of carboxylic acids is 1. The molecule has 0 aliphatic heterocycles. The Balaban J connectivity index is 2.84. The average Bonchev–Trinajstić information content (AvgIpc) is 2.52. The zero-order chi connectivity index (χ0) is 10.8. The van der Waals surface area contributed by atoms with Gasteiger partial charge in [0, 0.05) is 11.1 Å². The highest BCUT2D eigenvalue weighted by molar-refractivity contribution is 7.90. The molecule has 0 amide bonds. The van der Waals surface area contributed by atoms with Crippen LogP contribution in [0.2, 0.25) is 0 Å². The number of nitrogens with zero attached hydrogens (tertiary/aromatic N) is 1. The van der Waals surface area contributed by atoms with E-state index in [1.54, 1.807) is 6.92 Å². The third-order valence-electron chi connectivity index (χ3n) is 1.54. The summed E-state index contributed by atoms with van der Waals surface area (Å²) in [5, 5.41) is 9.93. The van der Waals surface area contributed by atoms with Gasteiger partial charge in [-0.25, -0.2) is 18.2 Å². The van der Waals surface area contributed by atoms with Gasteiger partial charge in [0.15, 0.2) is 9.84 Å². The molecule has 0 aliphatic carbocycles. The van der Waals surface area contributed by atoms with E-state index < -0.39 is 15.8 Å². The van der Waals surface area contributed by atoms with Gasteiger partial charge in [-0.1, -0.05) is 6.92 Å². The second-order valence-electron chi connectivity index (χ2n) is 2.63. The van der Waals surface area contributed by atoms with E-state index in [0.717, 1.165) is 11.3 Å². The van der Waals surface area contributed by atoms with Crippen molar-refractivity contribution in [1.29, 1.82) is 0 Å². The highest BCUT2D eigenvalue weighted by atomic mass is 32.2. The van der Waals surface area contributed by atoms with Gasteiger partial charge in [-0.15, -0.1) is 11.3 Å². The van der Waals surface area contributed by atoms with Crippen molar-refractivity contribution in [2.24, 2.45) is 0 Å². The lowest BCUT2D eigenvalue weighted by Gasteiger charge is -1.95. The Kier molecular flexibility index (Phi) is 3.22. The number of sulfone groups is 1. The van der Waals surface area contributed by atoms with E-state index in [1.807, 2.05) is 0 Å². The van der Waals surface area contributed by atoms with Crippen molar-refractivity contribution in [1.82, 2.24) is 4.98 Å². The molecule has 0 saturated carbocycles. The topological polar surface area (TPSA) is 84.3 Å². The SMILES string of the molecule is CCS(=O)(=O)Cc1csc(C(=O)O)n1. The summed E-state index contributed by atoms with van der Waals surface area (Å²) in [4.78, 5) is 14.1. The molecule has 1 rings (SSSR count). The van der Waals surface area contributed by atoms with E-state index in [2.05, 4.69) is 4.98 Å². The lowest BCUT2D eigenvalue weighted by Crippen LogP contribution is -2.07. The van der Waals surface area contributed by atoms with Crippen molar-refractivity contribution >= 4 is 27.1 Å². The van der Waals surface area contributed by atoms with Gasteiger partial charge in [0.1, 0.15) is 0 Å². The van der Waals surface area contributed by atoms with Crippen molar-refractivity contribution in [3.63, 3.8) is 0 Å². The molecular weight excluding hydrogens is 226 g/mol. The standard InChI is InChI=1S/C7H9NO4S2/c1-2-14(11,12)4-5-3-13-6(8-5)7(9)10/h3H,2,4H2,1H3,(H,9,10). The van der Waals surface area contributed by atoms with Crippen LogP contribution in [0.25, 0.3) is 0 Å². The number of aromatic nitrogens is 1. The summed E-state index contributed by atoms with van der Waals surface area (Å²) in [5.41, 5.74) is 0.300. The summed E-state index contributed by atoms with van der Waals surface area (Å²) < 4.78 is 22.3. The predicted molar refractivity (Wildman–Crippen MR) is 52.2 cm³/mol. The van der Waals surface area contributed by atoms with Crippen LogP contribution in [0.15, 0.2) is 5.38 Å². The molecule has 0 atom stereocenters. The smallest absolute Gasteiger partial charge is 0.365 e. The Labute approximate surface area is 85.3 Å². The molecular formula is C7H9NO4S2. The molecule has 0 fully saturated rings. The molecule has 1 N–H and O–H groups in total. The Bertz CT molecular complexity index is 434. The van der Waals surface area contributed by atoms with Gasteiger partial charge in [0.05, 0.1) is 11.4 Å². The molecule has 5 nitrogen and oxygen atoms in total. The van der Waals surface area contributed by atoms with E-state index >= 15 is 0 Å². The first-order valence-corrected chi connectivity index (χ1v) is 6.53. The highest BCUT2D eigenvalue weighted by Gasteiger charge is 2.14. The molecule has 78 valence electrons. The summed E-state index contributed by atoms with van der Waals surface area (Å²) >= 11 is 0.934. The van der Waals surface area contributed by atoms with E-state index in [1.165, 1.54) is 5.38 Å². The maximum Gasteiger partial charge on any atom is 0.365 e. The summed E-state index contributed by atoms with van der Waals surface area (Å²) in [5.74, 6) is -1.28. The fraction of sp³-hybridized carbons (Fsp3) is 0.429. The number of thiazole rings is 1. The monoisotopic (exact) mass is 235 g/mol. The van der Waals surface area contributed by atoms with E-state index in [0.29, 0.717) is 5.69 Å². The van der Waals surface area contributed by atoms with Crippen LogP contribution in [0, 0.1) is 0 Å². The number of carboxylic acid groups (broad SMARTS) is 1. The zero-order valence-electron chi connectivity index (χ0n) is 7.43. The first-order valence-electron chi connectivity index (χ1n) is 3.82. The molecule has 0 aromatic carbocycles. The third-order valence-corrected chi connectivity index (χ3v) is 4.04. The maximum atomic E-state index is 11.2. The van der Waals surface area contributed by atoms with Gasteiger partial charge in [-0.05, 0) is 0 Å². The number of hydrogen-bond acceptors (Lipinski definition) is 5. The lowest BCUT2D eigenvalue weighted by atomic mass is 10.6. The molecule has 7 heteroatoms. The first kappa shape index (κ1) is 11.1. The van der Waals surface area contributed by atoms with Crippen LogP contribution in [0.1, 0.15) is 22.4 Å². The number of hydrogen-bond donors (Lipinski definition) is 1. The maximum absolute atomic E-state index is 11.2. The second kappa shape index (κ2) is 4.05. The summed E-state index contributed by atoms with van der Waals surface area (Å²) in [7, 11) is -3.13. The molecule has 1 heterocycles. The predicted octanol–water partition coefficient (Wildman–Crippen LogP) is 0.776. The van der Waals surface area contributed by atoms with Crippen LogP contribution in [0.4, 0.5) is 0 Å². The molecule has 1 aromatic rings. The fourth-order valence-corrected chi connectivity index (χ4v) is 2.36. The van der Waals surface area contributed by atoms with Crippen LogP contribution in [-0.4, -0.2) is 30.2 Å². The van der Waals surface area contributed by atoms with E-state index in [-0.39, 0.29) is 16.5 Å². The van der Waals surface area contributed by atoms with Gasteiger partial charge < -0.3 is 5.11 Å². The van der Waals surface area contributed by atoms with Gasteiger partial charge in [-0.2, -0.15) is 0 Å². The van der Waals surface area contributed by atoms with Crippen molar-refractivity contribution in [3.8, 4) is 0 Å². The molecule has 0 radical (unpaired) electrons. The molecule has 14 heavy (non-hydrogen) atoms. The minimum absolute atomic E-state index is 0.0347. The van der Waals surface area contributed by atoms with Crippen LogP contribution in [0.5, 0.6) is 0 Å². The third kappa shape index (κ3) is 2.78. The number of carbonyl (C=O) groups is 1. The summed E-state index contributed by atoms with van der Waals surface area (Å²) in [6.45, 7) is 1.54. The number of rotatable bonds is 4. The minimum Gasteiger partial charge on any atom is -0.476 e. The van der Waals surface area contributed by atoms with Crippen molar-refractivity contribution in [2.75, 3.05) is 5.75 Å². The minimum atomic E-state index is -3.13. The Morgan fingerprint density at radius 3 is 2.71 bits per heavy atom. The Morgan fingerprint density at radius 2 is 2.29 bits per heavy atom. The van der Waals surface area contributed by atoms with Crippen molar-refractivity contribution in [3.05, 3.63) is 16.1 Å². The molecule has 0 spiro atoms. The summed E-state index contributed by atoms with van der Waals surface area (Å²) in [6, 6.07) is 0. The number of aromatic carboxylic acids is 1. The zero-order valence-corrected chi connectivity index (χ0v) is 9.06. The molecule has 1 aromatic heterocycles. The normalized spacial score (nSPS) is 11.5. The second-order valence-corrected chi connectivity index (χ2v) is 5.84. The van der Waals surface area contributed by atoms with Crippen LogP contribution in [-0.2, 0) is 15.6 Å². The quantitative estimate of drug-likeness (QED) is 0.833. The van der Waals surface area contributed by atoms with Crippen LogP contribution >= 0.6 is 11.3 Å². The van der Waals surface area contributed by atoms with E-state index in [9.17, 15) is 13.2 Å². The fourth-order valence-electron chi connectivity index (χ4n) is 0.799. The van der Waals surface area contributed by atoms with E-state index in [4.69, 9.17) is 5.11 Å². The van der Waals surface area contributed by atoms with Gasteiger partial charge in [-0.3, -0.25) is 0 Å². The molecule has 0 saturated heterocycles. The Hall–Kier alpha value is -0.950. The van der Waals surface area contributed by atoms with Gasteiger partial charge in [0.2, 0.25) is 5.01 Å². The average molecular weight is 235 g/mol. The van der Waals surface area contributed by atoms with Crippen LogP contribution < -0.4 is 0 Å². The van der Waals surface area contributed by atoms with Crippen molar-refractivity contribution in [2.45, 2.75) is 12.7 Å². The molecule has 0 bridgehead atoms. The van der Waals surface area contributed by atoms with Crippen LogP contribution in [0.3, 0.4) is 0 Å². The van der Waals surface area contributed by atoms with Gasteiger partial charge in [0.25, 0.3) is 0 Å². The Morgan fingerprint density at radius 1 is 1.64 bits per heavy atom. The van der Waals surface area contributed by atoms with Crippen molar-refractivity contribution < 1.29 is 18.3 Å². The lowest BCUT2D eigenvalue weighted by molar-refractivity contribution is 0.0696. The molecule has 0 unspecified atom stereocenters. The van der Waals surface area contributed by atoms with Gasteiger partial charge >= 0.3 is 5.97 Å². The highest BCUT2D eigenvalue weighted by Crippen LogP contribution is 2.12.